The fraction of sp³-hybridized carbons (Fsp3) is 0.409. The second-order valence-electron chi connectivity index (χ2n) is 6.71. The molecule has 2 aromatic rings. The van der Waals surface area contributed by atoms with Crippen molar-refractivity contribution in [3.63, 3.8) is 0 Å². The molecule has 7 nitrogen and oxygen atoms in total. The molecule has 1 unspecified atom stereocenters. The van der Waals surface area contributed by atoms with Gasteiger partial charge in [-0.15, -0.1) is 0 Å². The maximum Gasteiger partial charge on any atom is 0.191 e. The van der Waals surface area contributed by atoms with Crippen LogP contribution in [0.2, 0.25) is 0 Å². The number of hydrogen-bond donors (Lipinski definition) is 3. The van der Waals surface area contributed by atoms with Gasteiger partial charge in [0.2, 0.25) is 0 Å². The number of rotatable bonds is 9. The van der Waals surface area contributed by atoms with E-state index < -0.39 is 5.60 Å². The van der Waals surface area contributed by atoms with Crippen molar-refractivity contribution in [1.82, 2.24) is 10.6 Å². The van der Waals surface area contributed by atoms with Gasteiger partial charge in [-0.05, 0) is 25.5 Å². The number of guanidine groups is 1. The van der Waals surface area contributed by atoms with E-state index in [1.807, 2.05) is 43.3 Å². The summed E-state index contributed by atoms with van der Waals surface area (Å²) in [5.41, 5.74) is 0.667. The summed E-state index contributed by atoms with van der Waals surface area (Å²) in [5.74, 6) is 2.48. The third kappa shape index (κ3) is 6.02. The Balaban J connectivity index is 2.17. The van der Waals surface area contributed by atoms with Gasteiger partial charge < -0.3 is 30.0 Å². The minimum Gasteiger partial charge on any atom is -0.496 e. The van der Waals surface area contributed by atoms with E-state index >= 15 is 0 Å². The number of nitrogens with one attached hydrogen (secondary N) is 2. The molecule has 0 heterocycles. The molecule has 0 aliphatic rings. The highest BCUT2D eigenvalue weighted by Crippen LogP contribution is 2.34. The molecule has 0 amide bonds. The van der Waals surface area contributed by atoms with E-state index in [2.05, 4.69) is 15.6 Å². The van der Waals surface area contributed by atoms with Crippen molar-refractivity contribution in [2.75, 3.05) is 34.4 Å². The Morgan fingerprint density at radius 2 is 1.59 bits per heavy atom. The predicted octanol–water partition coefficient (Wildman–Crippen LogP) is 2.68. The molecule has 0 saturated heterocycles. The average Bonchev–Trinajstić information content (AvgIpc) is 2.75. The molecule has 0 bridgehead atoms. The van der Waals surface area contributed by atoms with E-state index in [1.54, 1.807) is 34.3 Å². The van der Waals surface area contributed by atoms with Crippen LogP contribution < -0.4 is 24.8 Å². The molecule has 2 aromatic carbocycles. The van der Waals surface area contributed by atoms with E-state index in [-0.39, 0.29) is 0 Å². The minimum absolute atomic E-state index is 0.311. The molecule has 0 aliphatic carbocycles. The van der Waals surface area contributed by atoms with Crippen LogP contribution in [-0.4, -0.2) is 45.5 Å². The molecule has 0 aliphatic heterocycles. The number of aliphatic hydroxyl groups is 1. The number of ether oxygens (including phenoxy) is 3. The van der Waals surface area contributed by atoms with Gasteiger partial charge in [0.15, 0.2) is 17.5 Å². The van der Waals surface area contributed by atoms with E-state index in [0.29, 0.717) is 42.8 Å². The van der Waals surface area contributed by atoms with E-state index in [0.717, 1.165) is 11.1 Å². The average molecular weight is 402 g/mol. The van der Waals surface area contributed by atoms with Crippen LogP contribution in [0.15, 0.2) is 47.5 Å². The van der Waals surface area contributed by atoms with Crippen molar-refractivity contribution in [2.24, 2.45) is 4.99 Å². The molecule has 0 spiro atoms. The second-order valence-corrected chi connectivity index (χ2v) is 6.71. The number of hydrogen-bond acceptors (Lipinski definition) is 5. The molecule has 0 saturated carbocycles. The lowest BCUT2D eigenvalue weighted by atomic mass is 9.96. The third-order valence-corrected chi connectivity index (χ3v) is 4.53. The zero-order chi connectivity index (χ0) is 21.3. The number of aliphatic imine (C=N–C) groups is 1. The van der Waals surface area contributed by atoms with Crippen molar-refractivity contribution >= 4 is 5.96 Å². The van der Waals surface area contributed by atoms with Crippen molar-refractivity contribution in [3.8, 4) is 17.2 Å². The van der Waals surface area contributed by atoms with Crippen molar-refractivity contribution in [1.29, 1.82) is 0 Å². The van der Waals surface area contributed by atoms with Crippen molar-refractivity contribution in [3.05, 3.63) is 53.6 Å². The molecule has 158 valence electrons. The molecule has 7 heteroatoms. The van der Waals surface area contributed by atoms with Gasteiger partial charge in [0, 0.05) is 18.2 Å². The van der Waals surface area contributed by atoms with Crippen LogP contribution in [-0.2, 0) is 12.1 Å². The second kappa shape index (κ2) is 10.6. The number of methoxy groups -OCH3 is 3. The molecular formula is C22H31N3O4. The Hall–Kier alpha value is -2.93. The van der Waals surface area contributed by atoms with Gasteiger partial charge in [-0.3, -0.25) is 0 Å². The zero-order valence-electron chi connectivity index (χ0n) is 17.8. The minimum atomic E-state index is -1.03. The van der Waals surface area contributed by atoms with Crippen LogP contribution in [0.1, 0.15) is 25.0 Å². The van der Waals surface area contributed by atoms with Gasteiger partial charge in [-0.25, -0.2) is 4.99 Å². The Kier molecular flexibility index (Phi) is 8.15. The van der Waals surface area contributed by atoms with E-state index in [1.165, 1.54) is 0 Å². The summed E-state index contributed by atoms with van der Waals surface area (Å²) in [6, 6.07) is 13.2. The fourth-order valence-electron chi connectivity index (χ4n) is 2.88. The van der Waals surface area contributed by atoms with Crippen LogP contribution >= 0.6 is 0 Å². The Morgan fingerprint density at radius 3 is 2.17 bits per heavy atom. The zero-order valence-corrected chi connectivity index (χ0v) is 17.8. The Labute approximate surface area is 172 Å². The summed E-state index contributed by atoms with van der Waals surface area (Å²) in [4.78, 5) is 4.63. The van der Waals surface area contributed by atoms with Gasteiger partial charge in [0.25, 0.3) is 0 Å². The highest BCUT2D eigenvalue weighted by Gasteiger charge is 2.23. The van der Waals surface area contributed by atoms with E-state index in [4.69, 9.17) is 14.2 Å². The lowest BCUT2D eigenvalue weighted by Gasteiger charge is -2.25. The summed E-state index contributed by atoms with van der Waals surface area (Å²) < 4.78 is 16.2. The first-order valence-electron chi connectivity index (χ1n) is 9.54. The summed E-state index contributed by atoms with van der Waals surface area (Å²) in [6.45, 7) is 5.14. The summed E-state index contributed by atoms with van der Waals surface area (Å²) in [6.07, 6.45) is 0. The molecule has 0 aromatic heterocycles. The lowest BCUT2D eigenvalue weighted by molar-refractivity contribution is 0.0617. The first kappa shape index (κ1) is 22.4. The highest BCUT2D eigenvalue weighted by atomic mass is 16.5. The standard InChI is InChI=1S/C22H31N3O4/c1-6-23-21(25-15-22(2,26)17-10-8-7-9-11-17)24-14-16-12-19(28-4)20(29-5)13-18(16)27-3/h7-13,26H,6,14-15H2,1-5H3,(H2,23,24,25). The Bertz CT molecular complexity index is 807. The summed E-state index contributed by atoms with van der Waals surface area (Å²) in [7, 11) is 4.78. The largest absolute Gasteiger partial charge is 0.496 e. The van der Waals surface area contributed by atoms with Crippen molar-refractivity contribution < 1.29 is 19.3 Å². The maximum atomic E-state index is 10.8. The molecule has 2 rings (SSSR count). The maximum absolute atomic E-state index is 10.8. The van der Waals surface area contributed by atoms with Gasteiger partial charge in [-0.2, -0.15) is 0 Å². The predicted molar refractivity (Wildman–Crippen MR) is 115 cm³/mol. The fourth-order valence-corrected chi connectivity index (χ4v) is 2.88. The van der Waals surface area contributed by atoms with Gasteiger partial charge in [0.05, 0.1) is 34.4 Å². The molecular weight excluding hydrogens is 370 g/mol. The molecule has 3 N–H and O–H groups in total. The van der Waals surface area contributed by atoms with Crippen LogP contribution in [0, 0.1) is 0 Å². The first-order chi connectivity index (χ1) is 13.9. The highest BCUT2D eigenvalue weighted by molar-refractivity contribution is 5.80. The van der Waals surface area contributed by atoms with Crippen LogP contribution in [0.25, 0.3) is 0 Å². The first-order valence-corrected chi connectivity index (χ1v) is 9.54. The Morgan fingerprint density at radius 1 is 0.966 bits per heavy atom. The molecule has 1 atom stereocenters. The normalized spacial score (nSPS) is 13.4. The SMILES string of the molecule is CCNC(=NCc1cc(OC)c(OC)cc1OC)NCC(C)(O)c1ccccc1. The van der Waals surface area contributed by atoms with Gasteiger partial charge >= 0.3 is 0 Å². The summed E-state index contributed by atoms with van der Waals surface area (Å²) >= 11 is 0. The molecule has 0 fully saturated rings. The number of nitrogens with zero attached hydrogens (tertiary/aromatic N) is 1. The van der Waals surface area contributed by atoms with E-state index in [9.17, 15) is 5.11 Å². The monoisotopic (exact) mass is 401 g/mol. The van der Waals surface area contributed by atoms with Crippen LogP contribution in [0.3, 0.4) is 0 Å². The van der Waals surface area contributed by atoms with Crippen LogP contribution in [0.5, 0.6) is 17.2 Å². The smallest absolute Gasteiger partial charge is 0.191 e. The quantitative estimate of drug-likeness (QED) is 0.443. The van der Waals surface area contributed by atoms with Gasteiger partial charge in [-0.1, -0.05) is 30.3 Å². The molecule has 29 heavy (non-hydrogen) atoms. The molecule has 0 radical (unpaired) electrons. The summed E-state index contributed by atoms with van der Waals surface area (Å²) in [5, 5.41) is 17.2. The number of benzene rings is 2. The lowest BCUT2D eigenvalue weighted by Crippen LogP contribution is -2.44. The van der Waals surface area contributed by atoms with Gasteiger partial charge in [0.1, 0.15) is 11.4 Å². The topological polar surface area (TPSA) is 84.3 Å². The van der Waals surface area contributed by atoms with Crippen molar-refractivity contribution in [2.45, 2.75) is 26.0 Å². The third-order valence-electron chi connectivity index (χ3n) is 4.53. The van der Waals surface area contributed by atoms with Crippen LogP contribution in [0.4, 0.5) is 0 Å².